The number of fused-ring (bicyclic) bond motifs is 1. The standard InChI is InChI=1S/C26H29N3O3/c1-3-19-11-13-20(14-12-19)29(4-2)26(32)25(31)22-17-28(23-10-6-5-9-21(22)23)18-24(30)27-15-7-8-16-27/h5-6,9-14,17H,3-4,7-8,15-16,18H2,1-2H3. The van der Waals surface area contributed by atoms with Crippen LogP contribution in [0.2, 0.25) is 0 Å². The van der Waals surface area contributed by atoms with Gasteiger partial charge in [0.05, 0.1) is 5.56 Å². The van der Waals surface area contributed by atoms with Gasteiger partial charge in [-0.3, -0.25) is 14.4 Å². The summed E-state index contributed by atoms with van der Waals surface area (Å²) in [6, 6.07) is 15.2. The van der Waals surface area contributed by atoms with Crippen LogP contribution in [0, 0.1) is 0 Å². The molecule has 2 aromatic carbocycles. The zero-order chi connectivity index (χ0) is 22.7. The van der Waals surface area contributed by atoms with Crippen LogP contribution in [-0.4, -0.2) is 46.7 Å². The highest BCUT2D eigenvalue weighted by Crippen LogP contribution is 2.24. The number of likely N-dealkylation sites (tertiary alicyclic amines) is 1. The molecule has 32 heavy (non-hydrogen) atoms. The molecular formula is C26H29N3O3. The molecule has 0 atom stereocenters. The van der Waals surface area contributed by atoms with Crippen LogP contribution in [0.4, 0.5) is 5.69 Å². The Morgan fingerprint density at radius 1 is 0.938 bits per heavy atom. The molecule has 1 fully saturated rings. The number of para-hydroxylation sites is 1. The van der Waals surface area contributed by atoms with E-state index < -0.39 is 11.7 Å². The van der Waals surface area contributed by atoms with Gasteiger partial charge in [0.15, 0.2) is 0 Å². The van der Waals surface area contributed by atoms with Gasteiger partial charge in [-0.1, -0.05) is 37.3 Å². The van der Waals surface area contributed by atoms with Gasteiger partial charge in [-0.2, -0.15) is 0 Å². The number of benzene rings is 2. The van der Waals surface area contributed by atoms with Crippen molar-refractivity contribution in [2.45, 2.75) is 39.7 Å². The number of hydrogen-bond acceptors (Lipinski definition) is 3. The summed E-state index contributed by atoms with van der Waals surface area (Å²) in [5.41, 5.74) is 3.00. The van der Waals surface area contributed by atoms with E-state index in [-0.39, 0.29) is 12.5 Å². The molecule has 166 valence electrons. The molecular weight excluding hydrogens is 402 g/mol. The van der Waals surface area contributed by atoms with Gasteiger partial charge in [0.25, 0.3) is 11.7 Å². The quantitative estimate of drug-likeness (QED) is 0.419. The number of nitrogens with zero attached hydrogens (tertiary/aromatic N) is 3. The predicted molar refractivity (Wildman–Crippen MR) is 126 cm³/mol. The van der Waals surface area contributed by atoms with Crippen molar-refractivity contribution >= 4 is 34.2 Å². The summed E-state index contributed by atoms with van der Waals surface area (Å²) in [5, 5.41) is 0.692. The Bertz CT molecular complexity index is 1140. The Morgan fingerprint density at radius 3 is 2.28 bits per heavy atom. The van der Waals surface area contributed by atoms with Crippen molar-refractivity contribution in [1.29, 1.82) is 0 Å². The van der Waals surface area contributed by atoms with Crippen molar-refractivity contribution in [1.82, 2.24) is 9.47 Å². The smallest absolute Gasteiger partial charge is 0.299 e. The maximum Gasteiger partial charge on any atom is 0.299 e. The number of aromatic nitrogens is 1. The normalized spacial score (nSPS) is 13.5. The molecule has 1 aliphatic rings. The van der Waals surface area contributed by atoms with Gasteiger partial charge in [-0.15, -0.1) is 0 Å². The third kappa shape index (κ3) is 4.17. The van der Waals surface area contributed by atoms with Gasteiger partial charge < -0.3 is 14.4 Å². The summed E-state index contributed by atoms with van der Waals surface area (Å²) in [5.74, 6) is -1.08. The van der Waals surface area contributed by atoms with E-state index in [1.54, 1.807) is 10.8 Å². The zero-order valence-corrected chi connectivity index (χ0v) is 18.7. The van der Waals surface area contributed by atoms with E-state index in [1.807, 2.05) is 60.4 Å². The lowest BCUT2D eigenvalue weighted by atomic mass is 10.1. The number of Topliss-reactive ketones (excluding diaryl/α,β-unsaturated/α-hetero) is 1. The summed E-state index contributed by atoms with van der Waals surface area (Å²) in [4.78, 5) is 42.6. The van der Waals surface area contributed by atoms with Crippen LogP contribution >= 0.6 is 0 Å². The fourth-order valence-electron chi connectivity index (χ4n) is 4.36. The Kier molecular flexibility index (Phi) is 6.40. The molecule has 6 nitrogen and oxygen atoms in total. The SMILES string of the molecule is CCc1ccc(N(CC)C(=O)C(=O)c2cn(CC(=O)N3CCCC3)c3ccccc23)cc1. The molecule has 1 aromatic heterocycles. The van der Waals surface area contributed by atoms with Gasteiger partial charge in [-0.05, 0) is 49.9 Å². The Balaban J connectivity index is 1.63. The third-order valence-corrected chi connectivity index (χ3v) is 6.21. The second-order valence-corrected chi connectivity index (χ2v) is 8.17. The van der Waals surface area contributed by atoms with E-state index in [0.717, 1.165) is 37.9 Å². The van der Waals surface area contributed by atoms with Crippen molar-refractivity contribution in [3.63, 3.8) is 0 Å². The van der Waals surface area contributed by atoms with Gasteiger partial charge in [-0.25, -0.2) is 0 Å². The highest BCUT2D eigenvalue weighted by molar-refractivity contribution is 6.48. The van der Waals surface area contributed by atoms with E-state index in [2.05, 4.69) is 6.92 Å². The lowest BCUT2D eigenvalue weighted by Crippen LogP contribution is -2.36. The number of rotatable bonds is 7. The first-order chi connectivity index (χ1) is 15.5. The molecule has 2 heterocycles. The van der Waals surface area contributed by atoms with Crippen LogP contribution in [0.3, 0.4) is 0 Å². The van der Waals surface area contributed by atoms with Crippen LogP contribution in [0.15, 0.2) is 54.7 Å². The van der Waals surface area contributed by atoms with Crippen LogP contribution in [0.5, 0.6) is 0 Å². The maximum atomic E-state index is 13.3. The minimum absolute atomic E-state index is 0.0415. The summed E-state index contributed by atoms with van der Waals surface area (Å²) in [6.07, 6.45) is 4.63. The minimum Gasteiger partial charge on any atom is -0.341 e. The maximum absolute atomic E-state index is 13.3. The molecule has 0 bridgehead atoms. The molecule has 0 N–H and O–H groups in total. The molecule has 2 amide bonds. The molecule has 6 heteroatoms. The number of aryl methyl sites for hydroxylation is 1. The van der Waals surface area contributed by atoms with E-state index >= 15 is 0 Å². The molecule has 1 saturated heterocycles. The number of anilines is 1. The molecule has 1 aliphatic heterocycles. The van der Waals surface area contributed by atoms with E-state index in [4.69, 9.17) is 0 Å². The average molecular weight is 432 g/mol. The molecule has 4 rings (SSSR count). The molecule has 0 radical (unpaired) electrons. The van der Waals surface area contributed by atoms with Crippen molar-refractivity contribution in [2.75, 3.05) is 24.5 Å². The number of hydrogen-bond donors (Lipinski definition) is 0. The molecule has 0 aliphatic carbocycles. The van der Waals surface area contributed by atoms with Crippen molar-refractivity contribution < 1.29 is 14.4 Å². The number of amides is 2. The average Bonchev–Trinajstić information content (AvgIpc) is 3.48. The first-order valence-corrected chi connectivity index (χ1v) is 11.3. The fraction of sp³-hybridized carbons (Fsp3) is 0.346. The largest absolute Gasteiger partial charge is 0.341 e. The number of carbonyl (C=O) groups is 3. The minimum atomic E-state index is -0.564. The lowest BCUT2D eigenvalue weighted by molar-refractivity contribution is -0.130. The Labute approximate surface area is 188 Å². The molecule has 0 spiro atoms. The Hall–Kier alpha value is -3.41. The van der Waals surface area contributed by atoms with Gasteiger partial charge in [0, 0.05) is 42.4 Å². The monoisotopic (exact) mass is 431 g/mol. The van der Waals surface area contributed by atoms with Crippen LogP contribution in [-0.2, 0) is 22.6 Å². The fourth-order valence-corrected chi connectivity index (χ4v) is 4.36. The molecule has 0 saturated carbocycles. The summed E-state index contributed by atoms with van der Waals surface area (Å²) in [7, 11) is 0. The van der Waals surface area contributed by atoms with Crippen molar-refractivity contribution in [2.24, 2.45) is 0 Å². The predicted octanol–water partition coefficient (Wildman–Crippen LogP) is 4.06. The van der Waals surface area contributed by atoms with Crippen LogP contribution in [0.1, 0.15) is 42.6 Å². The Morgan fingerprint density at radius 2 is 1.62 bits per heavy atom. The van der Waals surface area contributed by atoms with Crippen LogP contribution < -0.4 is 4.90 Å². The summed E-state index contributed by atoms with van der Waals surface area (Å²) >= 11 is 0. The van der Waals surface area contributed by atoms with Crippen LogP contribution in [0.25, 0.3) is 10.9 Å². The van der Waals surface area contributed by atoms with E-state index in [1.165, 1.54) is 10.5 Å². The zero-order valence-electron chi connectivity index (χ0n) is 18.7. The second kappa shape index (κ2) is 9.39. The highest BCUT2D eigenvalue weighted by Gasteiger charge is 2.27. The van der Waals surface area contributed by atoms with E-state index in [0.29, 0.717) is 23.2 Å². The van der Waals surface area contributed by atoms with Crippen molar-refractivity contribution in [3.8, 4) is 0 Å². The summed E-state index contributed by atoms with van der Waals surface area (Å²) in [6.45, 7) is 6.05. The van der Waals surface area contributed by atoms with Crippen molar-refractivity contribution in [3.05, 3.63) is 65.9 Å². The molecule has 0 unspecified atom stereocenters. The number of likely N-dealkylation sites (N-methyl/N-ethyl adjacent to an activating group) is 1. The summed E-state index contributed by atoms with van der Waals surface area (Å²) < 4.78 is 1.79. The van der Waals surface area contributed by atoms with Gasteiger partial charge in [0.2, 0.25) is 5.91 Å². The van der Waals surface area contributed by atoms with Gasteiger partial charge in [0.1, 0.15) is 6.54 Å². The first-order valence-electron chi connectivity index (χ1n) is 11.3. The second-order valence-electron chi connectivity index (χ2n) is 8.17. The lowest BCUT2D eigenvalue weighted by Gasteiger charge is -2.20. The first kappa shape index (κ1) is 21.8. The highest BCUT2D eigenvalue weighted by atomic mass is 16.2. The van der Waals surface area contributed by atoms with Gasteiger partial charge >= 0.3 is 0 Å². The molecule has 3 aromatic rings. The van der Waals surface area contributed by atoms with E-state index in [9.17, 15) is 14.4 Å². The topological polar surface area (TPSA) is 62.6 Å². The number of carbonyl (C=O) groups excluding carboxylic acids is 3. The third-order valence-electron chi connectivity index (χ3n) is 6.21. The number of ketones is 1.